The van der Waals surface area contributed by atoms with Crippen LogP contribution in [0.5, 0.6) is 5.75 Å². The van der Waals surface area contributed by atoms with Crippen LogP contribution in [0.3, 0.4) is 0 Å². The van der Waals surface area contributed by atoms with Crippen molar-refractivity contribution in [3.63, 3.8) is 0 Å². The maximum Gasteiger partial charge on any atom is 0.257 e. The molecule has 1 aromatic rings. The number of halogens is 1. The SMILES string of the molecule is O=C(CN1CCN(C(=O)c2cc(Cl)ccc2O)CC1)N1CCCCC1. The number of hydrogen-bond acceptors (Lipinski definition) is 4. The van der Waals surface area contributed by atoms with Gasteiger partial charge in [0, 0.05) is 44.3 Å². The number of benzene rings is 1. The number of carbonyl (C=O) groups excluding carboxylic acids is 2. The summed E-state index contributed by atoms with van der Waals surface area (Å²) in [4.78, 5) is 30.7. The number of carbonyl (C=O) groups is 2. The molecule has 0 aliphatic carbocycles. The van der Waals surface area contributed by atoms with Gasteiger partial charge in [-0.3, -0.25) is 14.5 Å². The molecule has 0 bridgehead atoms. The number of rotatable bonds is 3. The van der Waals surface area contributed by atoms with Crippen molar-refractivity contribution >= 4 is 23.4 Å². The van der Waals surface area contributed by atoms with E-state index in [2.05, 4.69) is 4.90 Å². The minimum Gasteiger partial charge on any atom is -0.507 e. The zero-order chi connectivity index (χ0) is 17.8. The molecule has 2 saturated heterocycles. The average Bonchev–Trinajstić information content (AvgIpc) is 2.64. The highest BCUT2D eigenvalue weighted by molar-refractivity contribution is 6.31. The molecule has 0 aromatic heterocycles. The second-order valence-electron chi connectivity index (χ2n) is 6.67. The van der Waals surface area contributed by atoms with Gasteiger partial charge in [0.2, 0.25) is 5.91 Å². The van der Waals surface area contributed by atoms with Crippen molar-refractivity contribution < 1.29 is 14.7 Å². The van der Waals surface area contributed by atoms with Crippen LogP contribution in [-0.2, 0) is 4.79 Å². The first-order valence-electron chi connectivity index (χ1n) is 8.82. The quantitative estimate of drug-likeness (QED) is 0.887. The first kappa shape index (κ1) is 18.0. The molecule has 1 N–H and O–H groups in total. The van der Waals surface area contributed by atoms with Crippen molar-refractivity contribution in [3.05, 3.63) is 28.8 Å². The van der Waals surface area contributed by atoms with Crippen LogP contribution < -0.4 is 0 Å². The van der Waals surface area contributed by atoms with E-state index in [0.717, 1.165) is 25.9 Å². The molecule has 2 aliphatic heterocycles. The predicted molar refractivity (Wildman–Crippen MR) is 95.9 cm³/mol. The van der Waals surface area contributed by atoms with Gasteiger partial charge in [0.1, 0.15) is 5.75 Å². The highest BCUT2D eigenvalue weighted by atomic mass is 35.5. The molecule has 0 atom stereocenters. The number of phenolic OH excluding ortho intramolecular Hbond substituents is 1. The van der Waals surface area contributed by atoms with Crippen LogP contribution in [0.25, 0.3) is 0 Å². The lowest BCUT2D eigenvalue weighted by molar-refractivity contribution is -0.133. The zero-order valence-electron chi connectivity index (χ0n) is 14.3. The van der Waals surface area contributed by atoms with E-state index in [9.17, 15) is 14.7 Å². The molecule has 136 valence electrons. The van der Waals surface area contributed by atoms with E-state index in [1.807, 2.05) is 4.90 Å². The lowest BCUT2D eigenvalue weighted by Crippen LogP contribution is -2.52. The number of piperidine rings is 1. The van der Waals surface area contributed by atoms with Crippen LogP contribution >= 0.6 is 11.6 Å². The molecular weight excluding hydrogens is 342 g/mol. The summed E-state index contributed by atoms with van der Waals surface area (Å²) in [6, 6.07) is 4.48. The Balaban J connectivity index is 1.52. The molecular formula is C18H24ClN3O3. The molecule has 3 rings (SSSR count). The summed E-state index contributed by atoms with van der Waals surface area (Å²) in [6.07, 6.45) is 3.40. The Morgan fingerprint density at radius 3 is 2.32 bits per heavy atom. The van der Waals surface area contributed by atoms with Gasteiger partial charge in [-0.15, -0.1) is 0 Å². The molecule has 2 fully saturated rings. The molecule has 2 aliphatic rings. The molecule has 25 heavy (non-hydrogen) atoms. The topological polar surface area (TPSA) is 64.1 Å². The number of nitrogens with zero attached hydrogens (tertiary/aromatic N) is 3. The molecule has 1 aromatic carbocycles. The summed E-state index contributed by atoms with van der Waals surface area (Å²) in [5.74, 6) is -0.0916. The second kappa shape index (κ2) is 8.06. The summed E-state index contributed by atoms with van der Waals surface area (Å²) < 4.78 is 0. The fourth-order valence-electron chi connectivity index (χ4n) is 3.39. The molecule has 0 saturated carbocycles. The fourth-order valence-corrected chi connectivity index (χ4v) is 3.57. The van der Waals surface area contributed by atoms with Crippen LogP contribution in [0.2, 0.25) is 5.02 Å². The molecule has 0 unspecified atom stereocenters. The highest BCUT2D eigenvalue weighted by Crippen LogP contribution is 2.23. The molecule has 0 spiro atoms. The van der Waals surface area contributed by atoms with Crippen LogP contribution in [0, 0.1) is 0 Å². The Bertz CT molecular complexity index is 638. The normalized spacial score (nSPS) is 19.1. The third-order valence-corrected chi connectivity index (χ3v) is 5.15. The van der Waals surface area contributed by atoms with Gasteiger partial charge in [-0.05, 0) is 37.5 Å². The van der Waals surface area contributed by atoms with Crippen LogP contribution in [0.1, 0.15) is 29.6 Å². The van der Waals surface area contributed by atoms with E-state index in [-0.39, 0.29) is 23.1 Å². The van der Waals surface area contributed by atoms with Gasteiger partial charge >= 0.3 is 0 Å². The number of phenols is 1. The minimum absolute atomic E-state index is 0.0582. The Morgan fingerprint density at radius 1 is 0.960 bits per heavy atom. The van der Waals surface area contributed by atoms with Crippen LogP contribution in [-0.4, -0.2) is 77.4 Å². The summed E-state index contributed by atoms with van der Waals surface area (Å²) >= 11 is 5.92. The lowest BCUT2D eigenvalue weighted by atomic mass is 10.1. The highest BCUT2D eigenvalue weighted by Gasteiger charge is 2.26. The zero-order valence-corrected chi connectivity index (χ0v) is 15.0. The molecule has 0 radical (unpaired) electrons. The number of amides is 2. The third-order valence-electron chi connectivity index (χ3n) is 4.92. The van der Waals surface area contributed by atoms with Gasteiger partial charge in [-0.2, -0.15) is 0 Å². The third kappa shape index (κ3) is 4.44. The summed E-state index contributed by atoms with van der Waals surface area (Å²) in [7, 11) is 0. The Kier molecular flexibility index (Phi) is 5.81. The van der Waals surface area contributed by atoms with Gasteiger partial charge < -0.3 is 14.9 Å². The largest absolute Gasteiger partial charge is 0.507 e. The smallest absolute Gasteiger partial charge is 0.257 e. The van der Waals surface area contributed by atoms with E-state index in [0.29, 0.717) is 37.7 Å². The summed E-state index contributed by atoms with van der Waals surface area (Å²) in [5.41, 5.74) is 0.227. The van der Waals surface area contributed by atoms with E-state index >= 15 is 0 Å². The summed E-state index contributed by atoms with van der Waals surface area (Å²) in [6.45, 7) is 4.55. The van der Waals surface area contributed by atoms with Crippen molar-refractivity contribution in [2.24, 2.45) is 0 Å². The van der Waals surface area contributed by atoms with Crippen LogP contribution in [0.15, 0.2) is 18.2 Å². The Labute approximate surface area is 152 Å². The maximum atomic E-state index is 12.6. The molecule has 7 heteroatoms. The van der Waals surface area contributed by atoms with Crippen molar-refractivity contribution in [2.45, 2.75) is 19.3 Å². The average molecular weight is 366 g/mol. The Hall–Kier alpha value is -1.79. The lowest BCUT2D eigenvalue weighted by Gasteiger charge is -2.36. The molecule has 6 nitrogen and oxygen atoms in total. The van der Waals surface area contributed by atoms with Crippen molar-refractivity contribution in [3.8, 4) is 5.75 Å². The second-order valence-corrected chi connectivity index (χ2v) is 7.11. The minimum atomic E-state index is -0.220. The standard InChI is InChI=1S/C18H24ClN3O3/c19-14-4-5-16(23)15(12-14)18(25)22-10-8-20(9-11-22)13-17(24)21-6-2-1-3-7-21/h4-5,12,23H,1-3,6-11,13H2. The van der Waals surface area contributed by atoms with E-state index in [1.54, 1.807) is 11.0 Å². The Morgan fingerprint density at radius 2 is 1.64 bits per heavy atom. The predicted octanol–water partition coefficient (Wildman–Crippen LogP) is 1.82. The monoisotopic (exact) mass is 365 g/mol. The van der Waals surface area contributed by atoms with Gasteiger partial charge in [0.25, 0.3) is 5.91 Å². The molecule has 2 amide bonds. The van der Waals surface area contributed by atoms with E-state index < -0.39 is 0 Å². The number of hydrogen-bond donors (Lipinski definition) is 1. The van der Waals surface area contributed by atoms with Gasteiger partial charge in [-0.25, -0.2) is 0 Å². The van der Waals surface area contributed by atoms with Crippen LogP contribution in [0.4, 0.5) is 0 Å². The first-order chi connectivity index (χ1) is 12.0. The van der Waals surface area contributed by atoms with Crippen molar-refractivity contribution in [1.29, 1.82) is 0 Å². The van der Waals surface area contributed by atoms with E-state index in [4.69, 9.17) is 11.6 Å². The molecule has 2 heterocycles. The van der Waals surface area contributed by atoms with Gasteiger partial charge in [0.15, 0.2) is 0 Å². The first-order valence-corrected chi connectivity index (χ1v) is 9.20. The van der Waals surface area contributed by atoms with E-state index in [1.165, 1.54) is 18.6 Å². The van der Waals surface area contributed by atoms with Crippen molar-refractivity contribution in [2.75, 3.05) is 45.8 Å². The van der Waals surface area contributed by atoms with Crippen molar-refractivity contribution in [1.82, 2.24) is 14.7 Å². The number of aromatic hydroxyl groups is 1. The number of likely N-dealkylation sites (tertiary alicyclic amines) is 1. The van der Waals surface area contributed by atoms with Gasteiger partial charge in [-0.1, -0.05) is 11.6 Å². The fraction of sp³-hybridized carbons (Fsp3) is 0.556. The number of piperazine rings is 1. The maximum absolute atomic E-state index is 12.6. The van der Waals surface area contributed by atoms with Gasteiger partial charge in [0.05, 0.1) is 12.1 Å². The summed E-state index contributed by atoms with van der Waals surface area (Å²) in [5, 5.41) is 10.3.